The van der Waals surface area contributed by atoms with Gasteiger partial charge in [0.1, 0.15) is 0 Å². The van der Waals surface area contributed by atoms with Crippen molar-refractivity contribution in [3.05, 3.63) is 18.2 Å². The van der Waals surface area contributed by atoms with Crippen molar-refractivity contribution in [2.45, 2.75) is 25.8 Å². The molecular formula is C15H24N2O2. The van der Waals surface area contributed by atoms with Crippen LogP contribution in [-0.4, -0.2) is 39.4 Å². The highest BCUT2D eigenvalue weighted by atomic mass is 16.5. The standard InChI is InChI=1S/C15H24N2O2/c1-15(2,16-3)11-17(4)12-6-7-13-14(10-12)19-9-5-8-18-13/h6-7,10,16H,5,8-9,11H2,1-4H3. The highest BCUT2D eigenvalue weighted by Gasteiger charge is 2.19. The molecule has 1 aromatic carbocycles. The fourth-order valence-electron chi connectivity index (χ4n) is 2.15. The molecule has 0 aliphatic carbocycles. The van der Waals surface area contributed by atoms with Crippen molar-refractivity contribution in [3.63, 3.8) is 0 Å². The van der Waals surface area contributed by atoms with E-state index in [4.69, 9.17) is 9.47 Å². The number of hydrogen-bond acceptors (Lipinski definition) is 4. The van der Waals surface area contributed by atoms with Crippen molar-refractivity contribution >= 4 is 5.69 Å². The summed E-state index contributed by atoms with van der Waals surface area (Å²) in [4.78, 5) is 2.23. The average Bonchev–Trinajstić information content (AvgIpc) is 2.62. The SMILES string of the molecule is CNC(C)(C)CN(C)c1ccc2c(c1)OCCCO2. The lowest BCUT2D eigenvalue weighted by atomic mass is 10.1. The van der Waals surface area contributed by atoms with E-state index in [0.717, 1.165) is 43.4 Å². The van der Waals surface area contributed by atoms with Gasteiger partial charge in [-0.3, -0.25) is 0 Å². The molecule has 0 saturated heterocycles. The van der Waals surface area contributed by atoms with Gasteiger partial charge in [-0.25, -0.2) is 0 Å². The third kappa shape index (κ3) is 3.53. The summed E-state index contributed by atoms with van der Waals surface area (Å²) in [6.07, 6.45) is 0.937. The summed E-state index contributed by atoms with van der Waals surface area (Å²) in [6, 6.07) is 6.14. The van der Waals surface area contributed by atoms with Crippen LogP contribution in [0.15, 0.2) is 18.2 Å². The molecule has 0 radical (unpaired) electrons. The second-order valence-electron chi connectivity index (χ2n) is 5.67. The monoisotopic (exact) mass is 264 g/mol. The van der Waals surface area contributed by atoms with Gasteiger partial charge in [-0.1, -0.05) is 0 Å². The van der Waals surface area contributed by atoms with Crippen LogP contribution in [0.25, 0.3) is 0 Å². The van der Waals surface area contributed by atoms with Crippen LogP contribution in [0.1, 0.15) is 20.3 Å². The predicted octanol–water partition coefficient (Wildman–Crippen LogP) is 2.28. The van der Waals surface area contributed by atoms with Gasteiger partial charge in [0.05, 0.1) is 13.2 Å². The Balaban J connectivity index is 2.14. The van der Waals surface area contributed by atoms with Crippen molar-refractivity contribution in [1.29, 1.82) is 0 Å². The number of benzene rings is 1. The molecule has 1 heterocycles. The molecule has 0 saturated carbocycles. The highest BCUT2D eigenvalue weighted by molar-refractivity contribution is 5.56. The van der Waals surface area contributed by atoms with Crippen LogP contribution in [0.2, 0.25) is 0 Å². The fraction of sp³-hybridized carbons (Fsp3) is 0.600. The number of ether oxygens (including phenoxy) is 2. The molecule has 2 rings (SSSR count). The summed E-state index contributed by atoms with van der Waals surface area (Å²) < 4.78 is 11.4. The van der Waals surface area contributed by atoms with Crippen LogP contribution in [0, 0.1) is 0 Å². The predicted molar refractivity (Wildman–Crippen MR) is 78.5 cm³/mol. The maximum atomic E-state index is 5.73. The zero-order valence-corrected chi connectivity index (χ0v) is 12.3. The first kappa shape index (κ1) is 14.0. The van der Waals surface area contributed by atoms with E-state index < -0.39 is 0 Å². The fourth-order valence-corrected chi connectivity index (χ4v) is 2.15. The molecule has 0 unspecified atom stereocenters. The number of hydrogen-bond donors (Lipinski definition) is 1. The Labute approximate surface area is 115 Å². The Morgan fingerprint density at radius 3 is 2.58 bits per heavy atom. The van der Waals surface area contributed by atoms with Crippen molar-refractivity contribution in [1.82, 2.24) is 5.32 Å². The topological polar surface area (TPSA) is 33.7 Å². The molecule has 0 atom stereocenters. The number of rotatable bonds is 4. The molecule has 1 aliphatic heterocycles. The van der Waals surface area contributed by atoms with Gasteiger partial charge in [0.15, 0.2) is 11.5 Å². The second kappa shape index (κ2) is 5.70. The van der Waals surface area contributed by atoms with Gasteiger partial charge < -0.3 is 19.7 Å². The first-order chi connectivity index (χ1) is 9.02. The number of likely N-dealkylation sites (N-methyl/N-ethyl adjacent to an activating group) is 2. The molecule has 1 aliphatic rings. The maximum Gasteiger partial charge on any atom is 0.163 e. The molecule has 106 valence electrons. The molecular weight excluding hydrogens is 240 g/mol. The van der Waals surface area contributed by atoms with E-state index in [2.05, 4.69) is 43.2 Å². The van der Waals surface area contributed by atoms with E-state index in [1.807, 2.05) is 13.1 Å². The summed E-state index contributed by atoms with van der Waals surface area (Å²) >= 11 is 0. The van der Waals surface area contributed by atoms with Gasteiger partial charge in [-0.05, 0) is 33.0 Å². The van der Waals surface area contributed by atoms with Crippen LogP contribution in [0.3, 0.4) is 0 Å². The average molecular weight is 264 g/mol. The van der Waals surface area contributed by atoms with Crippen molar-refractivity contribution in [2.24, 2.45) is 0 Å². The van der Waals surface area contributed by atoms with Gasteiger partial charge >= 0.3 is 0 Å². The number of nitrogens with zero attached hydrogens (tertiary/aromatic N) is 1. The third-order valence-electron chi connectivity index (χ3n) is 3.48. The Bertz CT molecular complexity index is 432. The van der Waals surface area contributed by atoms with Crippen molar-refractivity contribution in [2.75, 3.05) is 38.8 Å². The quantitative estimate of drug-likeness (QED) is 0.904. The van der Waals surface area contributed by atoms with Gasteiger partial charge in [-0.15, -0.1) is 0 Å². The molecule has 0 spiro atoms. The van der Waals surface area contributed by atoms with Crippen LogP contribution in [-0.2, 0) is 0 Å². The van der Waals surface area contributed by atoms with E-state index >= 15 is 0 Å². The summed E-state index contributed by atoms with van der Waals surface area (Å²) in [5.74, 6) is 1.70. The lowest BCUT2D eigenvalue weighted by Gasteiger charge is -2.31. The number of anilines is 1. The zero-order chi connectivity index (χ0) is 13.9. The van der Waals surface area contributed by atoms with Gasteiger partial charge in [-0.2, -0.15) is 0 Å². The summed E-state index contributed by atoms with van der Waals surface area (Å²) in [5, 5.41) is 3.32. The van der Waals surface area contributed by atoms with Crippen molar-refractivity contribution in [3.8, 4) is 11.5 Å². The molecule has 0 amide bonds. The summed E-state index contributed by atoms with van der Waals surface area (Å²) in [7, 11) is 4.08. The molecule has 4 nitrogen and oxygen atoms in total. The minimum Gasteiger partial charge on any atom is -0.490 e. The summed E-state index contributed by atoms with van der Waals surface area (Å²) in [6.45, 7) is 6.75. The lowest BCUT2D eigenvalue weighted by Crippen LogP contribution is -2.46. The van der Waals surface area contributed by atoms with Crippen LogP contribution >= 0.6 is 0 Å². The summed E-state index contributed by atoms with van der Waals surface area (Å²) in [5.41, 5.74) is 1.21. The van der Waals surface area contributed by atoms with Crippen LogP contribution < -0.4 is 19.7 Å². The number of fused-ring (bicyclic) bond motifs is 1. The van der Waals surface area contributed by atoms with Gasteiger partial charge in [0.2, 0.25) is 0 Å². The largest absolute Gasteiger partial charge is 0.490 e. The van der Waals surface area contributed by atoms with Crippen molar-refractivity contribution < 1.29 is 9.47 Å². The third-order valence-corrected chi connectivity index (χ3v) is 3.48. The first-order valence-corrected chi connectivity index (χ1v) is 6.81. The van der Waals surface area contributed by atoms with E-state index in [1.54, 1.807) is 0 Å². The lowest BCUT2D eigenvalue weighted by molar-refractivity contribution is 0.297. The smallest absolute Gasteiger partial charge is 0.163 e. The zero-order valence-electron chi connectivity index (χ0n) is 12.3. The number of nitrogens with one attached hydrogen (secondary N) is 1. The Hall–Kier alpha value is -1.42. The van der Waals surface area contributed by atoms with Gasteiger partial charge in [0.25, 0.3) is 0 Å². The normalized spacial score (nSPS) is 14.9. The molecule has 0 bridgehead atoms. The van der Waals surface area contributed by atoms with E-state index in [9.17, 15) is 0 Å². The second-order valence-corrected chi connectivity index (χ2v) is 5.67. The minimum atomic E-state index is 0.0684. The van der Waals surface area contributed by atoms with E-state index in [1.165, 1.54) is 0 Å². The first-order valence-electron chi connectivity index (χ1n) is 6.81. The molecule has 0 aromatic heterocycles. The highest BCUT2D eigenvalue weighted by Crippen LogP contribution is 2.33. The molecule has 19 heavy (non-hydrogen) atoms. The molecule has 1 N–H and O–H groups in total. The van der Waals surface area contributed by atoms with Crippen LogP contribution in [0.4, 0.5) is 5.69 Å². The minimum absolute atomic E-state index is 0.0684. The Morgan fingerprint density at radius 1 is 1.21 bits per heavy atom. The van der Waals surface area contributed by atoms with E-state index in [0.29, 0.717) is 0 Å². The maximum absolute atomic E-state index is 5.73. The molecule has 4 heteroatoms. The van der Waals surface area contributed by atoms with Crippen LogP contribution in [0.5, 0.6) is 11.5 Å². The Kier molecular flexibility index (Phi) is 4.20. The molecule has 1 aromatic rings. The van der Waals surface area contributed by atoms with Gasteiger partial charge in [0, 0.05) is 37.3 Å². The van der Waals surface area contributed by atoms with E-state index in [-0.39, 0.29) is 5.54 Å². The Morgan fingerprint density at radius 2 is 1.89 bits per heavy atom. The molecule has 0 fully saturated rings.